The molecule has 1 nitrogen and oxygen atoms in total. The van der Waals surface area contributed by atoms with Crippen molar-refractivity contribution >= 4 is 29.0 Å². The zero-order valence-corrected chi connectivity index (χ0v) is 7.67. The van der Waals surface area contributed by atoms with Crippen LogP contribution in [-0.4, -0.2) is 4.99 Å². The van der Waals surface area contributed by atoms with Gasteiger partial charge in [0, 0.05) is 17.3 Å². The molecular weight excluding hydrogens is 178 g/mol. The second-order valence-electron chi connectivity index (χ2n) is 2.29. The molecule has 1 N–H and O–H groups in total. The van der Waals surface area contributed by atoms with Gasteiger partial charge >= 0.3 is 0 Å². The normalized spacial score (nSPS) is 9.27. The molecule has 0 aromatic heterocycles. The maximum Gasteiger partial charge on any atom is 0.121 e. The largest absolute Gasteiger partial charge is 0.288 e. The number of thiocarbonyl (C=S) groups is 1. The molecule has 0 unspecified atom stereocenters. The number of hydrogen-bond acceptors (Lipinski definition) is 1. The summed E-state index contributed by atoms with van der Waals surface area (Å²) < 4.78 is 0. The second kappa shape index (κ2) is 3.69. The lowest BCUT2D eigenvalue weighted by Crippen LogP contribution is -2.10. The molecule has 1 aromatic rings. The smallest absolute Gasteiger partial charge is 0.121 e. The lowest BCUT2D eigenvalue weighted by molar-refractivity contribution is 1.44. The van der Waals surface area contributed by atoms with Crippen molar-refractivity contribution in [2.45, 2.75) is 6.92 Å². The molecule has 0 spiro atoms. The summed E-state index contributed by atoms with van der Waals surface area (Å²) in [5.74, 6) is 0. The van der Waals surface area contributed by atoms with E-state index in [1.54, 1.807) is 0 Å². The van der Waals surface area contributed by atoms with Crippen LogP contribution in [0, 0.1) is 6.92 Å². The van der Waals surface area contributed by atoms with E-state index in [4.69, 9.17) is 24.0 Å². The van der Waals surface area contributed by atoms with Crippen LogP contribution >= 0.6 is 24.0 Å². The molecule has 11 heavy (non-hydrogen) atoms. The van der Waals surface area contributed by atoms with Gasteiger partial charge in [-0.25, -0.2) is 0 Å². The van der Waals surface area contributed by atoms with E-state index in [0.717, 1.165) is 5.56 Å². The molecule has 0 saturated carbocycles. The molecule has 0 aliphatic heterocycles. The third-order valence-corrected chi connectivity index (χ3v) is 2.04. The van der Waals surface area contributed by atoms with E-state index in [1.807, 2.05) is 31.2 Å². The van der Waals surface area contributed by atoms with Gasteiger partial charge in [-0.1, -0.05) is 42.0 Å². The van der Waals surface area contributed by atoms with Crippen LogP contribution in [-0.2, 0) is 0 Å². The molecular formula is C8H8ClNS. The highest BCUT2D eigenvalue weighted by Gasteiger charge is 1.96. The van der Waals surface area contributed by atoms with Gasteiger partial charge in [-0.05, 0) is 6.92 Å². The zero-order chi connectivity index (χ0) is 8.27. The van der Waals surface area contributed by atoms with Crippen molar-refractivity contribution in [1.29, 1.82) is 0 Å². The predicted octanol–water partition coefficient (Wildman–Crippen LogP) is 2.41. The molecule has 3 heteroatoms. The summed E-state index contributed by atoms with van der Waals surface area (Å²) in [6, 6.07) is 7.87. The van der Waals surface area contributed by atoms with Crippen molar-refractivity contribution in [3.05, 3.63) is 35.4 Å². The zero-order valence-electron chi connectivity index (χ0n) is 6.10. The van der Waals surface area contributed by atoms with Crippen molar-refractivity contribution in [3.63, 3.8) is 0 Å². The van der Waals surface area contributed by atoms with Crippen LogP contribution < -0.4 is 4.84 Å². The monoisotopic (exact) mass is 185 g/mol. The first-order valence-corrected chi connectivity index (χ1v) is 4.00. The summed E-state index contributed by atoms with van der Waals surface area (Å²) in [6.45, 7) is 2.03. The minimum atomic E-state index is 0.562. The molecule has 0 radical (unpaired) electrons. The van der Waals surface area contributed by atoms with Crippen molar-refractivity contribution in [3.8, 4) is 0 Å². The fourth-order valence-electron chi connectivity index (χ4n) is 0.759. The van der Waals surface area contributed by atoms with E-state index < -0.39 is 0 Å². The Morgan fingerprint density at radius 1 is 1.36 bits per heavy atom. The maximum atomic E-state index is 5.34. The standard InChI is InChI=1S/C8H8ClNS/c1-6-2-4-7(5-3-6)8(11)10-9/h2-5H,1H3,(H,10,11). The first kappa shape index (κ1) is 8.50. The lowest BCUT2D eigenvalue weighted by atomic mass is 10.1. The number of nitrogens with one attached hydrogen (secondary N) is 1. The summed E-state index contributed by atoms with van der Waals surface area (Å²) >= 11 is 10.3. The van der Waals surface area contributed by atoms with Crippen molar-refractivity contribution in [2.75, 3.05) is 0 Å². The number of benzene rings is 1. The minimum Gasteiger partial charge on any atom is -0.288 e. The number of hydrogen-bond donors (Lipinski definition) is 1. The van der Waals surface area contributed by atoms with E-state index in [9.17, 15) is 0 Å². The summed E-state index contributed by atoms with van der Waals surface area (Å²) in [6.07, 6.45) is 0. The Morgan fingerprint density at radius 2 is 1.91 bits per heavy atom. The van der Waals surface area contributed by atoms with Gasteiger partial charge < -0.3 is 0 Å². The Kier molecular flexibility index (Phi) is 2.85. The molecule has 58 valence electrons. The van der Waals surface area contributed by atoms with Crippen LogP contribution in [0.4, 0.5) is 0 Å². The Hall–Kier alpha value is -0.600. The van der Waals surface area contributed by atoms with Crippen molar-refractivity contribution in [1.82, 2.24) is 4.84 Å². The minimum absolute atomic E-state index is 0.562. The molecule has 0 saturated heterocycles. The van der Waals surface area contributed by atoms with E-state index in [-0.39, 0.29) is 0 Å². The van der Waals surface area contributed by atoms with Gasteiger partial charge in [0.15, 0.2) is 0 Å². The summed E-state index contributed by atoms with van der Waals surface area (Å²) in [5, 5.41) is 0. The highest BCUT2D eigenvalue weighted by atomic mass is 35.5. The highest BCUT2D eigenvalue weighted by molar-refractivity contribution is 7.80. The molecule has 0 amide bonds. The molecule has 1 rings (SSSR count). The fraction of sp³-hybridized carbons (Fsp3) is 0.125. The Morgan fingerprint density at radius 3 is 2.36 bits per heavy atom. The van der Waals surface area contributed by atoms with Crippen molar-refractivity contribution in [2.24, 2.45) is 0 Å². The summed E-state index contributed by atoms with van der Waals surface area (Å²) in [5.41, 5.74) is 2.16. The van der Waals surface area contributed by atoms with Gasteiger partial charge in [0.25, 0.3) is 0 Å². The van der Waals surface area contributed by atoms with E-state index >= 15 is 0 Å². The third-order valence-electron chi connectivity index (χ3n) is 1.40. The molecule has 0 aliphatic rings. The molecule has 0 aliphatic carbocycles. The van der Waals surface area contributed by atoms with Gasteiger partial charge in [-0.2, -0.15) is 0 Å². The van der Waals surface area contributed by atoms with Gasteiger partial charge in [0.05, 0.1) is 0 Å². The topological polar surface area (TPSA) is 12.0 Å². The van der Waals surface area contributed by atoms with Crippen molar-refractivity contribution < 1.29 is 0 Å². The number of aryl methyl sites for hydroxylation is 1. The van der Waals surface area contributed by atoms with Gasteiger partial charge in [0.2, 0.25) is 0 Å². The average Bonchev–Trinajstić information content (AvgIpc) is 2.05. The Bertz CT molecular complexity index is 255. The second-order valence-corrected chi connectivity index (χ2v) is 2.89. The molecule has 1 aromatic carbocycles. The lowest BCUT2D eigenvalue weighted by Gasteiger charge is -2.00. The van der Waals surface area contributed by atoms with E-state index in [1.165, 1.54) is 5.56 Å². The highest BCUT2D eigenvalue weighted by Crippen LogP contribution is 2.03. The van der Waals surface area contributed by atoms with Crippen LogP contribution in [0.2, 0.25) is 0 Å². The van der Waals surface area contributed by atoms with Gasteiger partial charge in [0.1, 0.15) is 4.99 Å². The first-order valence-electron chi connectivity index (χ1n) is 3.21. The first-order chi connectivity index (χ1) is 5.24. The Balaban J connectivity index is 2.90. The van der Waals surface area contributed by atoms with Gasteiger partial charge in [-0.15, -0.1) is 0 Å². The van der Waals surface area contributed by atoms with E-state index in [0.29, 0.717) is 4.99 Å². The molecule has 0 fully saturated rings. The van der Waals surface area contributed by atoms with Crippen LogP contribution in [0.1, 0.15) is 11.1 Å². The molecule has 0 bridgehead atoms. The quantitative estimate of drug-likeness (QED) is 0.533. The number of rotatable bonds is 1. The maximum absolute atomic E-state index is 5.34. The SMILES string of the molecule is Cc1ccc(C(=S)NCl)cc1. The van der Waals surface area contributed by atoms with Crippen LogP contribution in [0.3, 0.4) is 0 Å². The summed E-state index contributed by atoms with van der Waals surface area (Å²) in [7, 11) is 0. The molecule has 0 atom stereocenters. The summed E-state index contributed by atoms with van der Waals surface area (Å²) in [4.78, 5) is 2.97. The third kappa shape index (κ3) is 2.17. The number of halogens is 1. The van der Waals surface area contributed by atoms with Crippen LogP contribution in [0.25, 0.3) is 0 Å². The van der Waals surface area contributed by atoms with Crippen LogP contribution in [0.5, 0.6) is 0 Å². The molecule has 0 heterocycles. The predicted molar refractivity (Wildman–Crippen MR) is 51.9 cm³/mol. The Labute approximate surface area is 76.5 Å². The van der Waals surface area contributed by atoms with Crippen LogP contribution in [0.15, 0.2) is 24.3 Å². The fourth-order valence-corrected chi connectivity index (χ4v) is 1.00. The van der Waals surface area contributed by atoms with E-state index in [2.05, 4.69) is 4.84 Å². The average molecular weight is 186 g/mol. The van der Waals surface area contributed by atoms with Gasteiger partial charge in [-0.3, -0.25) is 4.84 Å².